The van der Waals surface area contributed by atoms with Gasteiger partial charge in [0, 0.05) is 21.7 Å². The lowest BCUT2D eigenvalue weighted by Crippen LogP contribution is -2.18. The summed E-state index contributed by atoms with van der Waals surface area (Å²) in [6.07, 6.45) is 6.54. The highest BCUT2D eigenvalue weighted by molar-refractivity contribution is 5.28. The van der Waals surface area contributed by atoms with Gasteiger partial charge in [-0.15, -0.1) is 0 Å². The summed E-state index contributed by atoms with van der Waals surface area (Å²) in [4.78, 5) is 0. The van der Waals surface area contributed by atoms with Gasteiger partial charge in [0.05, 0.1) is 12.7 Å². The first-order chi connectivity index (χ1) is 12.5. The summed E-state index contributed by atoms with van der Waals surface area (Å²) in [7, 11) is 2.95. The van der Waals surface area contributed by atoms with E-state index in [4.69, 9.17) is 14.6 Å². The van der Waals surface area contributed by atoms with Crippen molar-refractivity contribution in [1.82, 2.24) is 5.32 Å². The first-order valence-electron chi connectivity index (χ1n) is 9.93. The van der Waals surface area contributed by atoms with Crippen molar-refractivity contribution >= 4 is 0 Å². The van der Waals surface area contributed by atoms with Gasteiger partial charge in [0.15, 0.2) is 0 Å². The average molecular weight is 370 g/mol. The molecule has 1 aromatic carbocycles. The van der Waals surface area contributed by atoms with Crippen LogP contribution in [0, 0.1) is 5.41 Å². The van der Waals surface area contributed by atoms with E-state index in [1.54, 1.807) is 0 Å². The van der Waals surface area contributed by atoms with Crippen molar-refractivity contribution < 1.29 is 16.0 Å². The summed E-state index contributed by atoms with van der Waals surface area (Å²) in [6, 6.07) is 8.28. The lowest BCUT2D eigenvalue weighted by molar-refractivity contribution is 0.0587. The SMILES string of the molecule is CCCCOCC(C)(C)CC.CNCc1cccc(OC2CC2)c1.CO.[HH]. The Hall–Kier alpha value is -1.10. The van der Waals surface area contributed by atoms with Crippen LogP contribution in [0.2, 0.25) is 0 Å². The van der Waals surface area contributed by atoms with Crippen molar-refractivity contribution in [3.63, 3.8) is 0 Å². The summed E-state index contributed by atoms with van der Waals surface area (Å²) in [5.74, 6) is 1.01. The molecule has 1 aliphatic rings. The Balaban J connectivity index is 0. The number of ether oxygens (including phenoxy) is 2. The molecule has 1 aliphatic carbocycles. The highest BCUT2D eigenvalue weighted by atomic mass is 16.5. The standard InChI is InChI=1S/C11H15NO.C10H22O.CH4O.H2/c1-12-8-9-3-2-4-11(7-9)13-10-5-6-10;1-5-7-8-11-9-10(3,4)6-2;1-2;/h2-4,7,10,12H,5-6,8H2,1H3;5-9H2,1-4H3;2H,1H3;1H. The second-order valence-electron chi connectivity index (χ2n) is 7.42. The monoisotopic (exact) mass is 369 g/mol. The van der Waals surface area contributed by atoms with Crippen molar-refractivity contribution in [2.45, 2.75) is 72.4 Å². The summed E-state index contributed by atoms with van der Waals surface area (Å²) < 4.78 is 11.2. The molecule has 1 saturated carbocycles. The van der Waals surface area contributed by atoms with E-state index < -0.39 is 0 Å². The van der Waals surface area contributed by atoms with Gasteiger partial charge in [-0.1, -0.05) is 46.2 Å². The average Bonchev–Trinajstić information content (AvgIpc) is 3.46. The Labute approximate surface area is 162 Å². The Morgan fingerprint density at radius 3 is 2.46 bits per heavy atom. The van der Waals surface area contributed by atoms with Gasteiger partial charge in [0.1, 0.15) is 5.75 Å². The molecule has 0 spiro atoms. The van der Waals surface area contributed by atoms with Gasteiger partial charge in [-0.25, -0.2) is 0 Å². The molecule has 0 radical (unpaired) electrons. The van der Waals surface area contributed by atoms with Crippen LogP contribution in [0.5, 0.6) is 5.75 Å². The lowest BCUT2D eigenvalue weighted by Gasteiger charge is -2.21. The molecule has 1 aromatic rings. The molecule has 4 heteroatoms. The van der Waals surface area contributed by atoms with E-state index in [2.05, 4.69) is 45.1 Å². The Morgan fingerprint density at radius 1 is 1.23 bits per heavy atom. The van der Waals surface area contributed by atoms with Crippen LogP contribution in [0.15, 0.2) is 24.3 Å². The van der Waals surface area contributed by atoms with Gasteiger partial charge in [-0.3, -0.25) is 0 Å². The van der Waals surface area contributed by atoms with Crippen LogP contribution in [0.4, 0.5) is 0 Å². The quantitative estimate of drug-likeness (QED) is 0.567. The minimum atomic E-state index is 0. The van der Waals surface area contributed by atoms with E-state index in [-0.39, 0.29) is 1.43 Å². The van der Waals surface area contributed by atoms with Crippen LogP contribution < -0.4 is 10.1 Å². The fourth-order valence-corrected chi connectivity index (χ4v) is 2.01. The van der Waals surface area contributed by atoms with Crippen LogP contribution in [0.3, 0.4) is 0 Å². The topological polar surface area (TPSA) is 50.7 Å². The maximum absolute atomic E-state index is 7.00. The van der Waals surface area contributed by atoms with Crippen LogP contribution in [-0.4, -0.2) is 38.6 Å². The van der Waals surface area contributed by atoms with Crippen LogP contribution in [0.25, 0.3) is 0 Å². The molecule has 0 unspecified atom stereocenters. The van der Waals surface area contributed by atoms with Crippen molar-refractivity contribution in [3.8, 4) is 5.75 Å². The number of hydrogen-bond acceptors (Lipinski definition) is 4. The van der Waals surface area contributed by atoms with E-state index in [0.29, 0.717) is 11.5 Å². The van der Waals surface area contributed by atoms with Crippen LogP contribution >= 0.6 is 0 Å². The second-order valence-corrected chi connectivity index (χ2v) is 7.42. The summed E-state index contributed by atoms with van der Waals surface area (Å²) in [6.45, 7) is 11.6. The molecule has 0 aliphatic heterocycles. The molecule has 0 amide bonds. The summed E-state index contributed by atoms with van der Waals surface area (Å²) in [5.41, 5.74) is 1.65. The van der Waals surface area contributed by atoms with Crippen LogP contribution in [-0.2, 0) is 11.3 Å². The maximum atomic E-state index is 7.00. The Morgan fingerprint density at radius 2 is 1.92 bits per heavy atom. The summed E-state index contributed by atoms with van der Waals surface area (Å²) in [5, 5.41) is 10.1. The van der Waals surface area contributed by atoms with Gasteiger partial charge in [-0.2, -0.15) is 0 Å². The minimum absolute atomic E-state index is 0. The van der Waals surface area contributed by atoms with Gasteiger partial charge < -0.3 is 19.9 Å². The fourth-order valence-electron chi connectivity index (χ4n) is 2.01. The maximum Gasteiger partial charge on any atom is 0.120 e. The van der Waals surface area contributed by atoms with E-state index >= 15 is 0 Å². The molecule has 26 heavy (non-hydrogen) atoms. The first kappa shape index (κ1) is 24.9. The molecular weight excluding hydrogens is 326 g/mol. The molecule has 0 atom stereocenters. The van der Waals surface area contributed by atoms with E-state index in [1.165, 1.54) is 37.7 Å². The zero-order chi connectivity index (χ0) is 19.8. The number of aliphatic hydroxyl groups excluding tert-OH is 1. The van der Waals surface area contributed by atoms with Gasteiger partial charge >= 0.3 is 0 Å². The van der Waals surface area contributed by atoms with E-state index in [0.717, 1.165) is 32.6 Å². The molecule has 154 valence electrons. The third-order valence-corrected chi connectivity index (χ3v) is 4.20. The molecule has 0 saturated heterocycles. The number of rotatable bonds is 10. The number of unbranched alkanes of at least 4 members (excludes halogenated alkanes) is 1. The Kier molecular flexibility index (Phi) is 14.4. The van der Waals surface area contributed by atoms with Crippen molar-refractivity contribution in [1.29, 1.82) is 0 Å². The number of hydrogen-bond donors (Lipinski definition) is 2. The normalized spacial score (nSPS) is 13.2. The molecule has 2 N–H and O–H groups in total. The second kappa shape index (κ2) is 15.0. The van der Waals surface area contributed by atoms with Gasteiger partial charge in [0.2, 0.25) is 0 Å². The lowest BCUT2D eigenvalue weighted by atomic mass is 9.92. The smallest absolute Gasteiger partial charge is 0.120 e. The third-order valence-electron chi connectivity index (χ3n) is 4.20. The van der Waals surface area contributed by atoms with Crippen molar-refractivity contribution in [3.05, 3.63) is 29.8 Å². The number of benzene rings is 1. The highest BCUT2D eigenvalue weighted by Crippen LogP contribution is 2.27. The van der Waals surface area contributed by atoms with E-state index in [9.17, 15) is 0 Å². The third kappa shape index (κ3) is 13.2. The molecular formula is C22H43NO3. The predicted molar refractivity (Wildman–Crippen MR) is 113 cm³/mol. The molecule has 0 bridgehead atoms. The van der Waals surface area contributed by atoms with Crippen LogP contribution in [0.1, 0.15) is 66.8 Å². The highest BCUT2D eigenvalue weighted by Gasteiger charge is 2.23. The van der Waals surface area contributed by atoms with Gasteiger partial charge in [-0.05, 0) is 55.8 Å². The minimum Gasteiger partial charge on any atom is -0.490 e. The number of nitrogens with one attached hydrogen (secondary N) is 1. The van der Waals surface area contributed by atoms with Gasteiger partial charge in [0.25, 0.3) is 0 Å². The Bertz CT molecular complexity index is 451. The van der Waals surface area contributed by atoms with Crippen molar-refractivity contribution in [2.24, 2.45) is 5.41 Å². The molecule has 2 rings (SSSR count). The molecule has 1 fully saturated rings. The fraction of sp³-hybridized carbons (Fsp3) is 0.727. The molecule has 0 aromatic heterocycles. The first-order valence-corrected chi connectivity index (χ1v) is 9.93. The largest absolute Gasteiger partial charge is 0.490 e. The zero-order valence-electron chi connectivity index (χ0n) is 17.8. The molecule has 4 nitrogen and oxygen atoms in total. The predicted octanol–water partition coefficient (Wildman–Crippen LogP) is 5.04. The number of aliphatic hydroxyl groups is 1. The van der Waals surface area contributed by atoms with E-state index in [1.807, 2.05) is 19.2 Å². The molecule has 0 heterocycles. The zero-order valence-corrected chi connectivity index (χ0v) is 17.8. The van der Waals surface area contributed by atoms with Crippen molar-refractivity contribution in [2.75, 3.05) is 27.4 Å². The summed E-state index contributed by atoms with van der Waals surface area (Å²) >= 11 is 0.